The van der Waals surface area contributed by atoms with Crippen molar-refractivity contribution in [2.45, 2.75) is 0 Å². The third kappa shape index (κ3) is 0.952. The van der Waals surface area contributed by atoms with Crippen LogP contribution in [0.15, 0.2) is 17.1 Å². The van der Waals surface area contributed by atoms with E-state index in [0.29, 0.717) is 16.9 Å². The van der Waals surface area contributed by atoms with E-state index in [-0.39, 0.29) is 5.69 Å². The molecule has 0 radical (unpaired) electrons. The van der Waals surface area contributed by atoms with Crippen LogP contribution >= 0.6 is 0 Å². The van der Waals surface area contributed by atoms with Gasteiger partial charge in [-0.15, -0.1) is 0 Å². The van der Waals surface area contributed by atoms with E-state index in [9.17, 15) is 4.79 Å². The van der Waals surface area contributed by atoms with Gasteiger partial charge >= 0.3 is 5.69 Å². The maximum Gasteiger partial charge on any atom is 0.325 e. The van der Waals surface area contributed by atoms with Gasteiger partial charge < -0.3 is 9.72 Å². The SMILES string of the molecule is COc1cnc2[nH]c(=O)[nH]c2c1. The van der Waals surface area contributed by atoms with E-state index >= 15 is 0 Å². The largest absolute Gasteiger partial charge is 0.495 e. The van der Waals surface area contributed by atoms with Crippen molar-refractivity contribution in [3.8, 4) is 5.75 Å². The highest BCUT2D eigenvalue weighted by atomic mass is 16.5. The summed E-state index contributed by atoms with van der Waals surface area (Å²) in [6.45, 7) is 0. The monoisotopic (exact) mass is 165 g/mol. The summed E-state index contributed by atoms with van der Waals surface area (Å²) in [6, 6.07) is 1.71. The molecule has 0 atom stereocenters. The maximum absolute atomic E-state index is 10.8. The van der Waals surface area contributed by atoms with Crippen molar-refractivity contribution in [3.05, 3.63) is 22.7 Å². The molecule has 0 bridgehead atoms. The third-order valence-corrected chi connectivity index (χ3v) is 1.58. The highest BCUT2D eigenvalue weighted by Gasteiger charge is 1.99. The van der Waals surface area contributed by atoms with E-state index in [1.807, 2.05) is 0 Å². The summed E-state index contributed by atoms with van der Waals surface area (Å²) in [4.78, 5) is 19.9. The number of nitrogens with zero attached hydrogens (tertiary/aromatic N) is 1. The number of hydrogen-bond donors (Lipinski definition) is 2. The Bertz CT molecular complexity index is 457. The molecule has 2 N–H and O–H groups in total. The molecule has 0 aliphatic carbocycles. The van der Waals surface area contributed by atoms with Gasteiger partial charge in [0.15, 0.2) is 5.65 Å². The Morgan fingerprint density at radius 2 is 2.33 bits per heavy atom. The number of imidazole rings is 1. The van der Waals surface area contributed by atoms with Gasteiger partial charge in [-0.2, -0.15) is 0 Å². The fraction of sp³-hybridized carbons (Fsp3) is 0.143. The van der Waals surface area contributed by atoms with Crippen LogP contribution in [0.5, 0.6) is 5.75 Å². The predicted molar refractivity (Wildman–Crippen MR) is 43.3 cm³/mol. The molecule has 5 heteroatoms. The van der Waals surface area contributed by atoms with Gasteiger partial charge in [-0.1, -0.05) is 0 Å². The molecule has 0 aromatic carbocycles. The number of nitrogens with one attached hydrogen (secondary N) is 2. The average Bonchev–Trinajstić information content (AvgIpc) is 2.43. The number of fused-ring (bicyclic) bond motifs is 1. The van der Waals surface area contributed by atoms with Crippen LogP contribution in [0, 0.1) is 0 Å². The first-order chi connectivity index (χ1) is 5.79. The van der Waals surface area contributed by atoms with Crippen LogP contribution in [0.4, 0.5) is 0 Å². The summed E-state index contributed by atoms with van der Waals surface area (Å²) in [5.74, 6) is 0.623. The second kappa shape index (κ2) is 2.37. The molecule has 2 rings (SSSR count). The molecule has 0 saturated heterocycles. The number of rotatable bonds is 1. The Hall–Kier alpha value is -1.78. The lowest BCUT2D eigenvalue weighted by Gasteiger charge is -1.95. The Morgan fingerprint density at radius 3 is 3.08 bits per heavy atom. The number of pyridine rings is 1. The molecule has 0 aliphatic heterocycles. The zero-order chi connectivity index (χ0) is 8.55. The molecule has 62 valence electrons. The zero-order valence-electron chi connectivity index (χ0n) is 6.42. The minimum absolute atomic E-state index is 0.259. The predicted octanol–water partition coefficient (Wildman–Crippen LogP) is 0.260. The number of aromatic nitrogens is 3. The fourth-order valence-corrected chi connectivity index (χ4v) is 1.01. The van der Waals surface area contributed by atoms with Crippen molar-refractivity contribution in [1.29, 1.82) is 0 Å². The van der Waals surface area contributed by atoms with Gasteiger partial charge in [0.05, 0.1) is 18.8 Å². The van der Waals surface area contributed by atoms with E-state index in [2.05, 4.69) is 15.0 Å². The number of aromatic amines is 2. The van der Waals surface area contributed by atoms with Crippen molar-refractivity contribution < 1.29 is 4.74 Å². The van der Waals surface area contributed by atoms with Gasteiger partial charge in [0.1, 0.15) is 5.75 Å². The van der Waals surface area contributed by atoms with Crippen LogP contribution in [-0.2, 0) is 0 Å². The maximum atomic E-state index is 10.8. The van der Waals surface area contributed by atoms with Gasteiger partial charge in [0.2, 0.25) is 0 Å². The van der Waals surface area contributed by atoms with Gasteiger partial charge in [0.25, 0.3) is 0 Å². The molecule has 0 saturated carbocycles. The number of hydrogen-bond acceptors (Lipinski definition) is 3. The van der Waals surface area contributed by atoms with Crippen LogP contribution in [0.3, 0.4) is 0 Å². The Labute approximate surface area is 67.4 Å². The molecular formula is C7H7N3O2. The van der Waals surface area contributed by atoms with Crippen molar-refractivity contribution in [2.24, 2.45) is 0 Å². The molecule has 0 unspecified atom stereocenters. The highest BCUT2D eigenvalue weighted by molar-refractivity contribution is 5.70. The van der Waals surface area contributed by atoms with E-state index in [0.717, 1.165) is 0 Å². The van der Waals surface area contributed by atoms with Gasteiger partial charge in [-0.3, -0.25) is 4.98 Å². The summed E-state index contributed by atoms with van der Waals surface area (Å²) < 4.78 is 4.93. The number of methoxy groups -OCH3 is 1. The van der Waals surface area contributed by atoms with E-state index < -0.39 is 0 Å². The molecule has 2 aromatic rings. The Morgan fingerprint density at radius 1 is 1.50 bits per heavy atom. The van der Waals surface area contributed by atoms with Crippen molar-refractivity contribution in [2.75, 3.05) is 7.11 Å². The molecule has 0 amide bonds. The molecule has 2 aromatic heterocycles. The van der Waals surface area contributed by atoms with Crippen LogP contribution in [-0.4, -0.2) is 22.1 Å². The van der Waals surface area contributed by atoms with E-state index in [4.69, 9.17) is 4.74 Å². The van der Waals surface area contributed by atoms with E-state index in [1.165, 1.54) is 0 Å². The third-order valence-electron chi connectivity index (χ3n) is 1.58. The lowest BCUT2D eigenvalue weighted by Crippen LogP contribution is -1.99. The number of ether oxygens (including phenoxy) is 1. The molecule has 0 spiro atoms. The van der Waals surface area contributed by atoms with Crippen LogP contribution in [0.1, 0.15) is 0 Å². The second-order valence-electron chi connectivity index (χ2n) is 2.35. The Balaban J connectivity index is 2.74. The summed E-state index contributed by atoms with van der Waals surface area (Å²) in [5.41, 5.74) is 0.936. The lowest BCUT2D eigenvalue weighted by atomic mass is 10.4. The summed E-state index contributed by atoms with van der Waals surface area (Å²) in [5, 5.41) is 0. The summed E-state index contributed by atoms with van der Waals surface area (Å²) in [7, 11) is 1.55. The van der Waals surface area contributed by atoms with Crippen LogP contribution in [0.25, 0.3) is 11.2 Å². The summed E-state index contributed by atoms with van der Waals surface area (Å²) in [6.07, 6.45) is 1.55. The number of H-pyrrole nitrogens is 2. The second-order valence-corrected chi connectivity index (χ2v) is 2.35. The van der Waals surface area contributed by atoms with Crippen molar-refractivity contribution in [1.82, 2.24) is 15.0 Å². The van der Waals surface area contributed by atoms with Crippen LogP contribution < -0.4 is 10.4 Å². The molecule has 0 fully saturated rings. The minimum Gasteiger partial charge on any atom is -0.495 e. The highest BCUT2D eigenvalue weighted by Crippen LogP contribution is 2.12. The molecule has 5 nitrogen and oxygen atoms in total. The smallest absolute Gasteiger partial charge is 0.325 e. The van der Waals surface area contributed by atoms with Crippen LogP contribution in [0.2, 0.25) is 0 Å². The standard InChI is InChI=1S/C7H7N3O2/c1-12-4-2-5-6(8-3-4)10-7(11)9-5/h2-3H,1H3,(H2,8,9,10,11). The van der Waals surface area contributed by atoms with Gasteiger partial charge in [-0.25, -0.2) is 9.78 Å². The minimum atomic E-state index is -0.259. The van der Waals surface area contributed by atoms with Gasteiger partial charge in [0, 0.05) is 6.07 Å². The first-order valence-electron chi connectivity index (χ1n) is 3.41. The normalized spacial score (nSPS) is 10.4. The molecular weight excluding hydrogens is 158 g/mol. The topological polar surface area (TPSA) is 70.8 Å². The van der Waals surface area contributed by atoms with Gasteiger partial charge in [-0.05, 0) is 0 Å². The van der Waals surface area contributed by atoms with E-state index in [1.54, 1.807) is 19.4 Å². The first-order valence-corrected chi connectivity index (χ1v) is 3.41. The molecule has 12 heavy (non-hydrogen) atoms. The molecule has 2 heterocycles. The Kier molecular flexibility index (Phi) is 1.36. The first kappa shape index (κ1) is 6.90. The van der Waals surface area contributed by atoms with Crippen molar-refractivity contribution in [3.63, 3.8) is 0 Å². The zero-order valence-corrected chi connectivity index (χ0v) is 6.42. The summed E-state index contributed by atoms with van der Waals surface area (Å²) >= 11 is 0. The van der Waals surface area contributed by atoms with Crippen molar-refractivity contribution >= 4 is 11.2 Å². The quantitative estimate of drug-likeness (QED) is 0.636. The molecule has 0 aliphatic rings. The average molecular weight is 165 g/mol. The lowest BCUT2D eigenvalue weighted by molar-refractivity contribution is 0.413. The fourth-order valence-electron chi connectivity index (χ4n) is 1.01.